The summed E-state index contributed by atoms with van der Waals surface area (Å²) in [5, 5.41) is 2.83. The first-order chi connectivity index (χ1) is 5.58. The first kappa shape index (κ1) is 9.86. The van der Waals surface area contributed by atoms with Gasteiger partial charge in [-0.05, 0) is 25.7 Å². The largest absolute Gasteiger partial charge is 0.329 e. The lowest BCUT2D eigenvalue weighted by Crippen LogP contribution is -2.52. The van der Waals surface area contributed by atoms with Gasteiger partial charge < -0.3 is 11.1 Å². The fourth-order valence-corrected chi connectivity index (χ4v) is 1.41. The Hall–Kier alpha value is -0.220. The summed E-state index contributed by atoms with van der Waals surface area (Å²) in [7, 11) is 0. The maximum atomic E-state index is 11.9. The highest BCUT2D eigenvalue weighted by atomic mass is 19.3. The van der Waals surface area contributed by atoms with Gasteiger partial charge in [-0.15, -0.1) is 0 Å². The van der Waals surface area contributed by atoms with Crippen molar-refractivity contribution in [2.75, 3.05) is 13.1 Å². The van der Waals surface area contributed by atoms with E-state index in [1.165, 1.54) is 0 Å². The van der Waals surface area contributed by atoms with Crippen LogP contribution in [0.4, 0.5) is 8.78 Å². The number of rotatable bonds is 5. The predicted octanol–water partition coefficient (Wildman–Crippen LogP) is 0.969. The summed E-state index contributed by atoms with van der Waals surface area (Å²) >= 11 is 0. The van der Waals surface area contributed by atoms with Crippen LogP contribution < -0.4 is 11.1 Å². The van der Waals surface area contributed by atoms with Gasteiger partial charge in [-0.3, -0.25) is 0 Å². The molecule has 0 bridgehead atoms. The van der Waals surface area contributed by atoms with E-state index < -0.39 is 6.43 Å². The van der Waals surface area contributed by atoms with Crippen molar-refractivity contribution in [3.8, 4) is 0 Å². The third kappa shape index (κ3) is 2.38. The summed E-state index contributed by atoms with van der Waals surface area (Å²) in [6, 6.07) is 0. The maximum Gasteiger partial charge on any atom is 0.250 e. The van der Waals surface area contributed by atoms with Crippen LogP contribution in [0.25, 0.3) is 0 Å². The Morgan fingerprint density at radius 3 is 2.50 bits per heavy atom. The molecule has 0 radical (unpaired) electrons. The third-order valence-electron chi connectivity index (χ3n) is 2.56. The van der Waals surface area contributed by atoms with Gasteiger partial charge >= 0.3 is 0 Å². The Morgan fingerprint density at radius 2 is 2.17 bits per heavy atom. The minimum Gasteiger partial charge on any atom is -0.329 e. The molecule has 1 aliphatic rings. The number of alkyl halides is 2. The second-order valence-corrected chi connectivity index (χ2v) is 3.67. The fourth-order valence-electron chi connectivity index (χ4n) is 1.41. The van der Waals surface area contributed by atoms with Gasteiger partial charge in [0.1, 0.15) is 0 Å². The molecule has 0 saturated heterocycles. The Balaban J connectivity index is 2.33. The summed E-state index contributed by atoms with van der Waals surface area (Å²) < 4.78 is 23.8. The van der Waals surface area contributed by atoms with E-state index in [1.54, 1.807) is 0 Å². The molecule has 0 heterocycles. The number of nitrogens with two attached hydrogens (primary N) is 1. The van der Waals surface area contributed by atoms with Crippen LogP contribution in [0.3, 0.4) is 0 Å². The Kier molecular flexibility index (Phi) is 3.01. The molecular formula is C8H16F2N2. The normalized spacial score (nSPS) is 22.8. The summed E-state index contributed by atoms with van der Waals surface area (Å²) in [4.78, 5) is 0. The van der Waals surface area contributed by atoms with Crippen molar-refractivity contribution in [2.45, 2.75) is 31.7 Å². The fraction of sp³-hybridized carbons (Fsp3) is 1.00. The van der Waals surface area contributed by atoms with Crippen LogP contribution in [-0.2, 0) is 0 Å². The molecule has 2 nitrogen and oxygen atoms in total. The molecule has 1 rings (SSSR count). The van der Waals surface area contributed by atoms with Crippen LogP contribution in [0.1, 0.15) is 19.8 Å². The lowest BCUT2D eigenvalue weighted by Gasteiger charge is -2.29. The van der Waals surface area contributed by atoms with Crippen LogP contribution in [0.15, 0.2) is 0 Å². The number of hydrogen-bond acceptors (Lipinski definition) is 2. The van der Waals surface area contributed by atoms with E-state index in [4.69, 9.17) is 5.73 Å². The van der Waals surface area contributed by atoms with E-state index in [9.17, 15) is 8.78 Å². The van der Waals surface area contributed by atoms with E-state index in [2.05, 4.69) is 5.32 Å². The zero-order chi connectivity index (χ0) is 9.19. The van der Waals surface area contributed by atoms with E-state index in [0.717, 1.165) is 12.8 Å². The standard InChI is InChI=1S/C8H16F2N2/c1-8(5-11,6-2-3-6)12-4-7(9)10/h6-7,12H,2-5,11H2,1H3. The molecule has 1 aliphatic carbocycles. The molecule has 1 unspecified atom stereocenters. The maximum absolute atomic E-state index is 11.9. The number of hydrogen-bond donors (Lipinski definition) is 2. The second kappa shape index (κ2) is 3.66. The van der Waals surface area contributed by atoms with Crippen molar-refractivity contribution in [3.05, 3.63) is 0 Å². The molecule has 0 amide bonds. The predicted molar refractivity (Wildman–Crippen MR) is 44.2 cm³/mol. The average molecular weight is 178 g/mol. The minimum absolute atomic E-state index is 0.246. The van der Waals surface area contributed by atoms with Gasteiger partial charge in [0.15, 0.2) is 0 Å². The van der Waals surface area contributed by atoms with Gasteiger partial charge in [0.2, 0.25) is 0 Å². The molecule has 0 spiro atoms. The molecule has 12 heavy (non-hydrogen) atoms. The van der Waals surface area contributed by atoms with Crippen LogP contribution in [0.5, 0.6) is 0 Å². The Bertz CT molecular complexity index is 148. The lowest BCUT2D eigenvalue weighted by atomic mass is 9.96. The van der Waals surface area contributed by atoms with E-state index in [0.29, 0.717) is 12.5 Å². The van der Waals surface area contributed by atoms with Gasteiger partial charge in [0.25, 0.3) is 6.43 Å². The molecule has 0 aromatic heterocycles. The highest BCUT2D eigenvalue weighted by Gasteiger charge is 2.40. The molecule has 3 N–H and O–H groups in total. The first-order valence-electron chi connectivity index (χ1n) is 4.32. The lowest BCUT2D eigenvalue weighted by molar-refractivity contribution is 0.128. The van der Waals surface area contributed by atoms with Gasteiger partial charge in [0, 0.05) is 12.1 Å². The quantitative estimate of drug-likeness (QED) is 0.658. The molecular weight excluding hydrogens is 162 g/mol. The van der Waals surface area contributed by atoms with Crippen molar-refractivity contribution in [3.63, 3.8) is 0 Å². The van der Waals surface area contributed by atoms with Crippen LogP contribution in [0, 0.1) is 5.92 Å². The van der Waals surface area contributed by atoms with Gasteiger partial charge in [-0.25, -0.2) is 8.78 Å². The van der Waals surface area contributed by atoms with E-state index in [-0.39, 0.29) is 12.1 Å². The Morgan fingerprint density at radius 1 is 1.58 bits per heavy atom. The summed E-state index contributed by atoms with van der Waals surface area (Å²) in [5.74, 6) is 0.501. The summed E-state index contributed by atoms with van der Waals surface area (Å²) in [6.45, 7) is 2.11. The van der Waals surface area contributed by atoms with Crippen LogP contribution in [0.2, 0.25) is 0 Å². The summed E-state index contributed by atoms with van der Waals surface area (Å²) in [5.41, 5.74) is 5.26. The molecule has 1 atom stereocenters. The molecule has 0 aromatic carbocycles. The topological polar surface area (TPSA) is 38.0 Å². The average Bonchev–Trinajstić information content (AvgIpc) is 2.82. The van der Waals surface area contributed by atoms with Gasteiger partial charge in [0.05, 0.1) is 6.54 Å². The third-order valence-corrected chi connectivity index (χ3v) is 2.56. The van der Waals surface area contributed by atoms with Crippen molar-refractivity contribution in [1.82, 2.24) is 5.32 Å². The number of nitrogens with one attached hydrogen (secondary N) is 1. The van der Waals surface area contributed by atoms with Crippen molar-refractivity contribution < 1.29 is 8.78 Å². The first-order valence-corrected chi connectivity index (χ1v) is 4.32. The van der Waals surface area contributed by atoms with Gasteiger partial charge in [-0.2, -0.15) is 0 Å². The zero-order valence-corrected chi connectivity index (χ0v) is 7.32. The van der Waals surface area contributed by atoms with Crippen molar-refractivity contribution >= 4 is 0 Å². The molecule has 0 aromatic rings. The van der Waals surface area contributed by atoms with Crippen molar-refractivity contribution in [2.24, 2.45) is 11.7 Å². The second-order valence-electron chi connectivity index (χ2n) is 3.67. The highest BCUT2D eigenvalue weighted by molar-refractivity contribution is 4.98. The highest BCUT2D eigenvalue weighted by Crippen LogP contribution is 2.38. The molecule has 72 valence electrons. The van der Waals surface area contributed by atoms with Crippen LogP contribution in [-0.4, -0.2) is 25.1 Å². The zero-order valence-electron chi connectivity index (χ0n) is 7.32. The molecule has 4 heteroatoms. The smallest absolute Gasteiger partial charge is 0.250 e. The molecule has 1 fully saturated rings. The molecule has 0 aliphatic heterocycles. The SMILES string of the molecule is CC(CN)(NCC(F)F)C1CC1. The van der Waals surface area contributed by atoms with Gasteiger partial charge in [-0.1, -0.05) is 0 Å². The molecule has 1 saturated carbocycles. The van der Waals surface area contributed by atoms with Crippen LogP contribution >= 0.6 is 0 Å². The summed E-state index contributed by atoms with van der Waals surface area (Å²) in [6.07, 6.45) is -0.0527. The van der Waals surface area contributed by atoms with E-state index >= 15 is 0 Å². The Labute approximate surface area is 71.5 Å². The number of halogens is 2. The van der Waals surface area contributed by atoms with E-state index in [1.807, 2.05) is 6.92 Å². The minimum atomic E-state index is -2.28. The monoisotopic (exact) mass is 178 g/mol. The van der Waals surface area contributed by atoms with Crippen molar-refractivity contribution in [1.29, 1.82) is 0 Å².